The summed E-state index contributed by atoms with van der Waals surface area (Å²) >= 11 is 0. The van der Waals surface area contributed by atoms with Crippen molar-refractivity contribution < 1.29 is 19.8 Å². The maximum atomic E-state index is 11.1. The Kier molecular flexibility index (Phi) is 3.62. The molecular weight excluding hydrogens is 234 g/mol. The molecule has 1 aromatic carbocycles. The number of hydrogen-bond donors (Lipinski definition) is 2. The molecule has 0 bridgehead atoms. The van der Waals surface area contributed by atoms with Gasteiger partial charge in [0.05, 0.1) is 12.0 Å². The summed E-state index contributed by atoms with van der Waals surface area (Å²) in [4.78, 5) is 23.7. The van der Waals surface area contributed by atoms with E-state index in [0.29, 0.717) is 18.7 Å². The molecule has 5 nitrogen and oxygen atoms in total. The molecule has 1 aromatic rings. The monoisotopic (exact) mass is 249 g/mol. The molecule has 96 valence electrons. The second kappa shape index (κ2) is 5.18. The van der Waals surface area contributed by atoms with Crippen LogP contribution in [0.25, 0.3) is 0 Å². The summed E-state index contributed by atoms with van der Waals surface area (Å²) in [6.45, 7) is 1.76. The molecule has 1 heterocycles. The minimum atomic E-state index is -0.924. The molecule has 0 aliphatic carbocycles. The van der Waals surface area contributed by atoms with Gasteiger partial charge in [0.1, 0.15) is 0 Å². The van der Waals surface area contributed by atoms with Crippen molar-refractivity contribution in [3.63, 3.8) is 0 Å². The minimum Gasteiger partial charge on any atom is -0.481 e. The van der Waals surface area contributed by atoms with E-state index < -0.39 is 11.9 Å². The van der Waals surface area contributed by atoms with Crippen molar-refractivity contribution >= 4 is 11.9 Å². The predicted octanol–water partition coefficient (Wildman–Crippen LogP) is 1.22. The molecule has 2 rings (SSSR count). The van der Waals surface area contributed by atoms with Crippen LogP contribution in [0.2, 0.25) is 0 Å². The van der Waals surface area contributed by atoms with Crippen LogP contribution in [0.5, 0.6) is 0 Å². The van der Waals surface area contributed by atoms with Crippen molar-refractivity contribution in [2.24, 2.45) is 0 Å². The first kappa shape index (κ1) is 12.6. The maximum absolute atomic E-state index is 11.1. The Morgan fingerprint density at radius 1 is 1.28 bits per heavy atom. The van der Waals surface area contributed by atoms with Crippen molar-refractivity contribution in [3.05, 3.63) is 34.9 Å². The van der Waals surface area contributed by atoms with Crippen LogP contribution in [0.1, 0.15) is 27.9 Å². The average Bonchev–Trinajstić information content (AvgIpc) is 2.35. The fourth-order valence-electron chi connectivity index (χ4n) is 2.28. The van der Waals surface area contributed by atoms with E-state index in [9.17, 15) is 9.59 Å². The lowest BCUT2D eigenvalue weighted by Crippen LogP contribution is -2.33. The summed E-state index contributed by atoms with van der Waals surface area (Å²) in [7, 11) is 0. The number of hydrogen-bond acceptors (Lipinski definition) is 3. The smallest absolute Gasteiger partial charge is 0.336 e. The van der Waals surface area contributed by atoms with Gasteiger partial charge in [-0.2, -0.15) is 0 Å². The normalized spacial score (nSPS) is 15.1. The molecule has 0 unspecified atom stereocenters. The zero-order valence-corrected chi connectivity index (χ0v) is 9.93. The average molecular weight is 249 g/mol. The molecular formula is C13H15NO4. The van der Waals surface area contributed by atoms with E-state index >= 15 is 0 Å². The summed E-state index contributed by atoms with van der Waals surface area (Å²) in [5.74, 6) is -1.75. The van der Waals surface area contributed by atoms with Crippen molar-refractivity contribution in [2.75, 3.05) is 13.1 Å². The minimum absolute atomic E-state index is 0.0879. The largest absolute Gasteiger partial charge is 0.481 e. The van der Waals surface area contributed by atoms with Crippen molar-refractivity contribution in [3.8, 4) is 0 Å². The molecule has 0 radical (unpaired) electrons. The first-order chi connectivity index (χ1) is 8.58. The van der Waals surface area contributed by atoms with Gasteiger partial charge < -0.3 is 10.2 Å². The van der Waals surface area contributed by atoms with Gasteiger partial charge in [0.2, 0.25) is 0 Å². The SMILES string of the molecule is O=C(O)CCN1CCc2cccc(C(=O)O)c2C1. The van der Waals surface area contributed by atoms with Crippen molar-refractivity contribution in [1.82, 2.24) is 4.90 Å². The van der Waals surface area contributed by atoms with Gasteiger partial charge in [-0.05, 0) is 23.6 Å². The first-order valence-electron chi connectivity index (χ1n) is 5.86. The summed E-state index contributed by atoms with van der Waals surface area (Å²) in [5.41, 5.74) is 2.20. The number of carboxylic acid groups (broad SMARTS) is 2. The Labute approximate surface area is 105 Å². The number of fused-ring (bicyclic) bond motifs is 1. The molecule has 0 atom stereocenters. The lowest BCUT2D eigenvalue weighted by molar-refractivity contribution is -0.137. The van der Waals surface area contributed by atoms with Gasteiger partial charge in [-0.3, -0.25) is 9.69 Å². The second-order valence-corrected chi connectivity index (χ2v) is 4.42. The molecule has 0 aromatic heterocycles. The molecule has 0 fully saturated rings. The highest BCUT2D eigenvalue weighted by atomic mass is 16.4. The van der Waals surface area contributed by atoms with E-state index in [4.69, 9.17) is 10.2 Å². The van der Waals surface area contributed by atoms with Crippen LogP contribution in [0.3, 0.4) is 0 Å². The standard InChI is InChI=1S/C13H15NO4/c15-12(16)5-7-14-6-4-9-2-1-3-10(13(17)18)11(9)8-14/h1-3H,4-8H2,(H,15,16)(H,17,18). The highest BCUT2D eigenvalue weighted by molar-refractivity contribution is 5.89. The molecule has 5 heteroatoms. The molecule has 0 spiro atoms. The number of aliphatic carboxylic acids is 1. The van der Waals surface area contributed by atoms with Crippen LogP contribution in [0.15, 0.2) is 18.2 Å². The van der Waals surface area contributed by atoms with Crippen LogP contribution >= 0.6 is 0 Å². The first-order valence-corrected chi connectivity index (χ1v) is 5.86. The van der Waals surface area contributed by atoms with E-state index in [1.807, 2.05) is 11.0 Å². The van der Waals surface area contributed by atoms with E-state index in [-0.39, 0.29) is 6.42 Å². The van der Waals surface area contributed by atoms with Gasteiger partial charge in [-0.25, -0.2) is 4.79 Å². The number of rotatable bonds is 4. The Morgan fingerprint density at radius 2 is 2.06 bits per heavy atom. The van der Waals surface area contributed by atoms with Gasteiger partial charge in [0, 0.05) is 19.6 Å². The topological polar surface area (TPSA) is 77.8 Å². The number of nitrogens with zero attached hydrogens (tertiary/aromatic N) is 1. The maximum Gasteiger partial charge on any atom is 0.336 e. The number of benzene rings is 1. The number of carbonyl (C=O) groups is 2. The molecule has 0 amide bonds. The predicted molar refractivity (Wildman–Crippen MR) is 64.6 cm³/mol. The Hall–Kier alpha value is -1.88. The zero-order chi connectivity index (χ0) is 13.1. The van der Waals surface area contributed by atoms with Crippen molar-refractivity contribution in [2.45, 2.75) is 19.4 Å². The molecule has 1 aliphatic rings. The van der Waals surface area contributed by atoms with E-state index in [2.05, 4.69) is 0 Å². The zero-order valence-electron chi connectivity index (χ0n) is 9.93. The quantitative estimate of drug-likeness (QED) is 0.838. The van der Waals surface area contributed by atoms with Gasteiger partial charge in [-0.1, -0.05) is 12.1 Å². The van der Waals surface area contributed by atoms with Crippen LogP contribution in [0, 0.1) is 0 Å². The third kappa shape index (κ3) is 2.68. The van der Waals surface area contributed by atoms with E-state index in [1.54, 1.807) is 12.1 Å². The molecule has 1 aliphatic heterocycles. The fourth-order valence-corrected chi connectivity index (χ4v) is 2.28. The Morgan fingerprint density at radius 3 is 2.72 bits per heavy atom. The summed E-state index contributed by atoms with van der Waals surface area (Å²) < 4.78 is 0. The highest BCUT2D eigenvalue weighted by Gasteiger charge is 2.21. The van der Waals surface area contributed by atoms with Gasteiger partial charge in [0.15, 0.2) is 0 Å². The highest BCUT2D eigenvalue weighted by Crippen LogP contribution is 2.22. The van der Waals surface area contributed by atoms with E-state index in [1.165, 1.54) is 0 Å². The van der Waals surface area contributed by atoms with Gasteiger partial charge in [0.25, 0.3) is 0 Å². The van der Waals surface area contributed by atoms with Gasteiger partial charge >= 0.3 is 11.9 Å². The summed E-state index contributed by atoms with van der Waals surface area (Å²) in [5, 5.41) is 17.8. The third-order valence-electron chi connectivity index (χ3n) is 3.22. The molecule has 2 N–H and O–H groups in total. The Balaban J connectivity index is 2.16. The third-order valence-corrected chi connectivity index (χ3v) is 3.22. The van der Waals surface area contributed by atoms with Crippen molar-refractivity contribution in [1.29, 1.82) is 0 Å². The second-order valence-electron chi connectivity index (χ2n) is 4.42. The molecule has 0 saturated heterocycles. The summed E-state index contributed by atoms with van der Waals surface area (Å²) in [6, 6.07) is 5.30. The van der Waals surface area contributed by atoms with Gasteiger partial charge in [-0.15, -0.1) is 0 Å². The lowest BCUT2D eigenvalue weighted by Gasteiger charge is -2.29. The fraction of sp³-hybridized carbons (Fsp3) is 0.385. The lowest BCUT2D eigenvalue weighted by atomic mass is 9.95. The molecule has 18 heavy (non-hydrogen) atoms. The van der Waals surface area contributed by atoms with Crippen LogP contribution < -0.4 is 0 Å². The number of aromatic carboxylic acids is 1. The van der Waals surface area contributed by atoms with Crippen LogP contribution in [-0.4, -0.2) is 40.1 Å². The van der Waals surface area contributed by atoms with Crippen LogP contribution in [0.4, 0.5) is 0 Å². The van der Waals surface area contributed by atoms with Crippen LogP contribution in [-0.2, 0) is 17.8 Å². The number of carboxylic acids is 2. The Bertz CT molecular complexity index is 484. The van der Waals surface area contributed by atoms with E-state index in [0.717, 1.165) is 24.1 Å². The molecule has 0 saturated carbocycles. The summed E-state index contributed by atoms with van der Waals surface area (Å²) in [6.07, 6.45) is 0.862.